The highest BCUT2D eigenvalue weighted by Crippen LogP contribution is 2.25. The maximum atomic E-state index is 13.3. The molecule has 0 aliphatic rings. The fourth-order valence-corrected chi connectivity index (χ4v) is 1.86. The number of pyridine rings is 1. The van der Waals surface area contributed by atoms with Crippen molar-refractivity contribution in [2.45, 2.75) is 6.92 Å². The number of nitrogens with zero attached hydrogens (tertiary/aromatic N) is 3. The summed E-state index contributed by atoms with van der Waals surface area (Å²) in [6, 6.07) is 5.79. The van der Waals surface area contributed by atoms with E-state index >= 15 is 0 Å². The van der Waals surface area contributed by atoms with Crippen molar-refractivity contribution in [3.05, 3.63) is 63.3 Å². The predicted octanol–water partition coefficient (Wildman–Crippen LogP) is 2.85. The van der Waals surface area contributed by atoms with Crippen LogP contribution in [0.1, 0.15) is 16.1 Å². The summed E-state index contributed by atoms with van der Waals surface area (Å²) in [5, 5.41) is 10.9. The van der Waals surface area contributed by atoms with Gasteiger partial charge in [-0.3, -0.25) is 19.8 Å². The third-order valence-electron chi connectivity index (χ3n) is 2.99. The molecule has 0 atom stereocenters. The van der Waals surface area contributed by atoms with E-state index in [4.69, 9.17) is 0 Å². The van der Waals surface area contributed by atoms with E-state index in [1.54, 1.807) is 19.1 Å². The first-order chi connectivity index (χ1) is 10.3. The lowest BCUT2D eigenvalue weighted by Gasteiger charge is -2.16. The molecule has 0 fully saturated rings. The van der Waals surface area contributed by atoms with E-state index in [1.165, 1.54) is 13.1 Å². The van der Waals surface area contributed by atoms with Gasteiger partial charge in [0.1, 0.15) is 11.4 Å². The second-order valence-corrected chi connectivity index (χ2v) is 4.54. The number of anilines is 1. The number of aryl methyl sites for hydroxylation is 1. The molecular formula is C14H11F2N3O3. The van der Waals surface area contributed by atoms with Crippen molar-refractivity contribution in [2.75, 3.05) is 11.9 Å². The first kappa shape index (κ1) is 15.5. The van der Waals surface area contributed by atoms with Crippen LogP contribution in [-0.4, -0.2) is 22.9 Å². The molecule has 2 aromatic rings. The third-order valence-corrected chi connectivity index (χ3v) is 2.99. The number of hydrogen-bond donors (Lipinski definition) is 0. The number of benzene rings is 1. The molecule has 2 rings (SSSR count). The van der Waals surface area contributed by atoms with E-state index in [1.807, 2.05) is 0 Å². The monoisotopic (exact) mass is 307 g/mol. The standard InChI is InChI=1S/C14H11F2N3O3/c1-8-4-3-5-13(17-8)18(2)14(20)9-6-10(15)11(16)7-12(9)19(21)22/h3-7H,1-2H3. The van der Waals surface area contributed by atoms with Crippen molar-refractivity contribution in [3.63, 3.8) is 0 Å². The van der Waals surface area contributed by atoms with Crippen LogP contribution in [0.3, 0.4) is 0 Å². The summed E-state index contributed by atoms with van der Waals surface area (Å²) in [4.78, 5) is 27.5. The molecule has 114 valence electrons. The van der Waals surface area contributed by atoms with Crippen LogP contribution in [0.15, 0.2) is 30.3 Å². The molecule has 0 bridgehead atoms. The molecule has 22 heavy (non-hydrogen) atoms. The van der Waals surface area contributed by atoms with Gasteiger partial charge in [-0.25, -0.2) is 13.8 Å². The quantitative estimate of drug-likeness (QED) is 0.645. The molecule has 0 radical (unpaired) electrons. The second-order valence-electron chi connectivity index (χ2n) is 4.54. The number of halogens is 2. The first-order valence-corrected chi connectivity index (χ1v) is 6.16. The zero-order valence-electron chi connectivity index (χ0n) is 11.7. The van der Waals surface area contributed by atoms with Crippen molar-refractivity contribution < 1.29 is 18.5 Å². The number of rotatable bonds is 3. The van der Waals surface area contributed by atoms with E-state index in [0.717, 1.165) is 4.90 Å². The Labute approximate surface area is 124 Å². The van der Waals surface area contributed by atoms with Crippen molar-refractivity contribution in [1.82, 2.24) is 4.98 Å². The van der Waals surface area contributed by atoms with Gasteiger partial charge in [0.2, 0.25) is 0 Å². The fraction of sp³-hybridized carbons (Fsp3) is 0.143. The van der Waals surface area contributed by atoms with Gasteiger partial charge in [-0.2, -0.15) is 0 Å². The molecule has 0 saturated heterocycles. The zero-order valence-corrected chi connectivity index (χ0v) is 11.7. The van der Waals surface area contributed by atoms with Crippen LogP contribution in [0.5, 0.6) is 0 Å². The molecule has 1 amide bonds. The summed E-state index contributed by atoms with van der Waals surface area (Å²) in [5.41, 5.74) is -0.713. The van der Waals surface area contributed by atoms with E-state index in [-0.39, 0.29) is 5.82 Å². The molecule has 0 unspecified atom stereocenters. The summed E-state index contributed by atoms with van der Waals surface area (Å²) in [7, 11) is 1.34. The van der Waals surface area contributed by atoms with Crippen LogP contribution in [-0.2, 0) is 0 Å². The van der Waals surface area contributed by atoms with Crippen molar-refractivity contribution >= 4 is 17.4 Å². The van der Waals surface area contributed by atoms with Gasteiger partial charge in [0.25, 0.3) is 11.6 Å². The second kappa shape index (κ2) is 5.84. The average Bonchev–Trinajstić information content (AvgIpc) is 2.47. The summed E-state index contributed by atoms with van der Waals surface area (Å²) in [6.45, 7) is 1.71. The molecule has 6 nitrogen and oxygen atoms in total. The average molecular weight is 307 g/mol. The smallest absolute Gasteiger partial charge is 0.285 e. The number of aromatic nitrogens is 1. The zero-order chi connectivity index (χ0) is 16.4. The van der Waals surface area contributed by atoms with Crippen LogP contribution in [0.4, 0.5) is 20.3 Å². The minimum Gasteiger partial charge on any atom is -0.296 e. The van der Waals surface area contributed by atoms with Gasteiger partial charge in [-0.15, -0.1) is 0 Å². The van der Waals surface area contributed by atoms with Crippen LogP contribution in [0, 0.1) is 28.7 Å². The molecule has 0 N–H and O–H groups in total. The number of hydrogen-bond acceptors (Lipinski definition) is 4. The van der Waals surface area contributed by atoms with Gasteiger partial charge >= 0.3 is 0 Å². The Bertz CT molecular complexity index is 765. The Kier molecular flexibility index (Phi) is 4.11. The summed E-state index contributed by atoms with van der Waals surface area (Å²) < 4.78 is 26.5. The third kappa shape index (κ3) is 2.90. The highest BCUT2D eigenvalue weighted by atomic mass is 19.2. The lowest BCUT2D eigenvalue weighted by molar-refractivity contribution is -0.385. The molecule has 0 aliphatic carbocycles. The summed E-state index contributed by atoms with van der Waals surface area (Å²) in [6.07, 6.45) is 0. The number of nitro groups is 1. The largest absolute Gasteiger partial charge is 0.296 e. The van der Waals surface area contributed by atoms with Crippen LogP contribution in [0.2, 0.25) is 0 Å². The molecule has 1 aromatic heterocycles. The Balaban J connectivity index is 2.49. The van der Waals surface area contributed by atoms with Crippen LogP contribution in [0.25, 0.3) is 0 Å². The summed E-state index contributed by atoms with van der Waals surface area (Å²) in [5.74, 6) is -3.34. The first-order valence-electron chi connectivity index (χ1n) is 6.16. The van der Waals surface area contributed by atoms with Gasteiger partial charge in [0, 0.05) is 12.7 Å². The Morgan fingerprint density at radius 1 is 1.27 bits per heavy atom. The molecule has 0 saturated carbocycles. The number of carbonyl (C=O) groups is 1. The van der Waals surface area contributed by atoms with E-state index in [0.29, 0.717) is 17.8 Å². The predicted molar refractivity (Wildman–Crippen MR) is 74.7 cm³/mol. The van der Waals surface area contributed by atoms with Gasteiger partial charge in [0.15, 0.2) is 11.6 Å². The van der Waals surface area contributed by atoms with Crippen molar-refractivity contribution in [3.8, 4) is 0 Å². The van der Waals surface area contributed by atoms with E-state index in [9.17, 15) is 23.7 Å². The summed E-state index contributed by atoms with van der Waals surface area (Å²) >= 11 is 0. The number of amides is 1. The van der Waals surface area contributed by atoms with E-state index in [2.05, 4.69) is 4.98 Å². The lowest BCUT2D eigenvalue weighted by Crippen LogP contribution is -2.28. The molecule has 1 aromatic carbocycles. The highest BCUT2D eigenvalue weighted by molar-refractivity contribution is 6.07. The molecule has 0 aliphatic heterocycles. The Morgan fingerprint density at radius 3 is 2.50 bits per heavy atom. The Morgan fingerprint density at radius 2 is 1.91 bits per heavy atom. The minimum atomic E-state index is -1.39. The number of nitro benzene ring substituents is 1. The maximum absolute atomic E-state index is 13.3. The minimum absolute atomic E-state index is 0.240. The highest BCUT2D eigenvalue weighted by Gasteiger charge is 2.27. The van der Waals surface area contributed by atoms with Crippen LogP contribution < -0.4 is 4.90 Å². The van der Waals surface area contributed by atoms with Crippen molar-refractivity contribution in [1.29, 1.82) is 0 Å². The normalized spacial score (nSPS) is 10.4. The van der Waals surface area contributed by atoms with Crippen molar-refractivity contribution in [2.24, 2.45) is 0 Å². The van der Waals surface area contributed by atoms with E-state index < -0.39 is 33.7 Å². The van der Waals surface area contributed by atoms with Gasteiger partial charge in [-0.05, 0) is 25.1 Å². The Hall–Kier alpha value is -2.90. The lowest BCUT2D eigenvalue weighted by atomic mass is 10.1. The molecule has 0 spiro atoms. The van der Waals surface area contributed by atoms with Gasteiger partial charge in [-0.1, -0.05) is 6.07 Å². The van der Waals surface area contributed by atoms with Gasteiger partial charge < -0.3 is 0 Å². The number of carbonyl (C=O) groups excluding carboxylic acids is 1. The molecule has 8 heteroatoms. The topological polar surface area (TPSA) is 76.3 Å². The van der Waals surface area contributed by atoms with Crippen LogP contribution >= 0.6 is 0 Å². The maximum Gasteiger partial charge on any atom is 0.285 e. The fourth-order valence-electron chi connectivity index (χ4n) is 1.86. The molecular weight excluding hydrogens is 296 g/mol. The molecule has 1 heterocycles. The SMILES string of the molecule is Cc1cccc(N(C)C(=O)c2cc(F)c(F)cc2[N+](=O)[O-])n1. The van der Waals surface area contributed by atoms with Gasteiger partial charge in [0.05, 0.1) is 11.0 Å².